The fourth-order valence-electron chi connectivity index (χ4n) is 3.33. The Morgan fingerprint density at radius 3 is 2.65 bits per heavy atom. The predicted octanol–water partition coefficient (Wildman–Crippen LogP) is 3.94. The Labute approximate surface area is 156 Å². The fraction of sp³-hybridized carbons (Fsp3) is 0.476. The van der Waals surface area contributed by atoms with Gasteiger partial charge in [0.25, 0.3) is 0 Å². The van der Waals surface area contributed by atoms with Crippen molar-refractivity contribution in [3.8, 4) is 0 Å². The van der Waals surface area contributed by atoms with Crippen molar-refractivity contribution in [1.82, 2.24) is 15.3 Å². The number of nitrogens with zero attached hydrogens (tertiary/aromatic N) is 4. The average molecular weight is 351 g/mol. The van der Waals surface area contributed by atoms with Crippen LogP contribution in [0.4, 0.5) is 5.82 Å². The van der Waals surface area contributed by atoms with Gasteiger partial charge in [0.05, 0.1) is 22.4 Å². The first kappa shape index (κ1) is 18.5. The normalized spacial score (nSPS) is 19.0. The topological polar surface area (TPSA) is 53.4 Å². The molecule has 3 heterocycles. The summed E-state index contributed by atoms with van der Waals surface area (Å²) >= 11 is 0. The van der Waals surface area contributed by atoms with E-state index in [1.807, 2.05) is 32.1 Å². The van der Waals surface area contributed by atoms with Gasteiger partial charge in [-0.3, -0.25) is 4.99 Å². The lowest BCUT2D eigenvalue weighted by molar-refractivity contribution is 0.373. The zero-order valence-corrected chi connectivity index (χ0v) is 16.5. The zero-order valence-electron chi connectivity index (χ0n) is 16.5. The number of pyridine rings is 2. The third kappa shape index (κ3) is 4.47. The third-order valence-corrected chi connectivity index (χ3v) is 4.47. The second-order valence-electron chi connectivity index (χ2n) is 7.93. The molecular formula is C21H29N5. The van der Waals surface area contributed by atoms with Crippen molar-refractivity contribution in [3.63, 3.8) is 0 Å². The molecule has 3 rings (SSSR count). The highest BCUT2D eigenvalue weighted by Gasteiger charge is 2.26. The zero-order chi connectivity index (χ0) is 18.7. The highest BCUT2D eigenvalue weighted by Crippen LogP contribution is 2.22. The van der Waals surface area contributed by atoms with Crippen molar-refractivity contribution in [1.29, 1.82) is 0 Å². The van der Waals surface area contributed by atoms with Gasteiger partial charge in [-0.25, -0.2) is 9.97 Å². The van der Waals surface area contributed by atoms with E-state index in [0.717, 1.165) is 47.8 Å². The molecule has 0 aromatic carbocycles. The summed E-state index contributed by atoms with van der Waals surface area (Å²) in [5.74, 6) is 1.03. The summed E-state index contributed by atoms with van der Waals surface area (Å²) in [7, 11) is 0. The van der Waals surface area contributed by atoms with Crippen molar-refractivity contribution in [2.45, 2.75) is 52.6 Å². The molecule has 0 spiro atoms. The molecule has 2 aromatic rings. The van der Waals surface area contributed by atoms with Crippen LogP contribution < -0.4 is 10.2 Å². The summed E-state index contributed by atoms with van der Waals surface area (Å²) in [6.45, 7) is 12.6. The van der Waals surface area contributed by atoms with Gasteiger partial charge in [-0.1, -0.05) is 6.08 Å². The second kappa shape index (κ2) is 7.54. The van der Waals surface area contributed by atoms with E-state index < -0.39 is 0 Å². The van der Waals surface area contributed by atoms with E-state index in [0.29, 0.717) is 6.04 Å². The van der Waals surface area contributed by atoms with Crippen molar-refractivity contribution in [3.05, 3.63) is 42.2 Å². The van der Waals surface area contributed by atoms with Crippen molar-refractivity contribution in [2.24, 2.45) is 4.99 Å². The highest BCUT2D eigenvalue weighted by atomic mass is 15.2. The number of fused-ring (bicyclic) bond motifs is 1. The van der Waals surface area contributed by atoms with Gasteiger partial charge in [-0.05, 0) is 65.3 Å². The lowest BCUT2D eigenvalue weighted by atomic mass is 10.1. The predicted molar refractivity (Wildman–Crippen MR) is 110 cm³/mol. The summed E-state index contributed by atoms with van der Waals surface area (Å²) in [6, 6.07) is 8.69. The van der Waals surface area contributed by atoms with Gasteiger partial charge in [-0.2, -0.15) is 0 Å². The molecule has 5 nitrogen and oxygen atoms in total. The van der Waals surface area contributed by atoms with Crippen LogP contribution in [-0.2, 0) is 0 Å². The molecule has 2 aromatic heterocycles. The number of aromatic nitrogens is 2. The minimum absolute atomic E-state index is 0.143. The first-order chi connectivity index (χ1) is 12.4. The second-order valence-corrected chi connectivity index (χ2v) is 7.93. The first-order valence-electron chi connectivity index (χ1n) is 9.32. The van der Waals surface area contributed by atoms with Gasteiger partial charge in [0.1, 0.15) is 5.82 Å². The van der Waals surface area contributed by atoms with Gasteiger partial charge in [-0.15, -0.1) is 0 Å². The molecule has 0 amide bonds. The molecule has 0 saturated carbocycles. The number of hydrogen-bond donors (Lipinski definition) is 1. The molecule has 0 aliphatic carbocycles. The largest absolute Gasteiger partial charge is 0.355 e. The summed E-state index contributed by atoms with van der Waals surface area (Å²) in [5, 5.41) is 3.69. The Morgan fingerprint density at radius 1 is 1.19 bits per heavy atom. The summed E-state index contributed by atoms with van der Waals surface area (Å²) in [6.07, 6.45) is 4.85. The molecule has 1 saturated heterocycles. The Kier molecular flexibility index (Phi) is 5.37. The monoisotopic (exact) mass is 351 g/mol. The number of rotatable bonds is 4. The molecular weight excluding hydrogens is 322 g/mol. The Morgan fingerprint density at radius 2 is 1.92 bits per heavy atom. The van der Waals surface area contributed by atoms with Gasteiger partial charge >= 0.3 is 0 Å². The maximum absolute atomic E-state index is 4.83. The smallest absolute Gasteiger partial charge is 0.129 e. The SMILES string of the molecule is C/C=C/N=C(C)c1ccc2nc(N3CCC(NC(C)(C)C)C3)ccc2n1. The van der Waals surface area contributed by atoms with E-state index in [-0.39, 0.29) is 5.54 Å². The average Bonchev–Trinajstić information content (AvgIpc) is 3.05. The maximum Gasteiger partial charge on any atom is 0.129 e. The quantitative estimate of drug-likeness (QED) is 0.848. The van der Waals surface area contributed by atoms with E-state index in [1.54, 1.807) is 6.20 Å². The number of allylic oxidation sites excluding steroid dienone is 1. The van der Waals surface area contributed by atoms with Crippen LogP contribution in [0.3, 0.4) is 0 Å². The van der Waals surface area contributed by atoms with Crippen LogP contribution in [0.2, 0.25) is 0 Å². The Hall–Kier alpha value is -2.27. The number of anilines is 1. The molecule has 1 unspecified atom stereocenters. The van der Waals surface area contributed by atoms with Gasteiger partial charge in [0.2, 0.25) is 0 Å². The van der Waals surface area contributed by atoms with Crippen LogP contribution in [0.1, 0.15) is 46.7 Å². The minimum atomic E-state index is 0.143. The van der Waals surface area contributed by atoms with Gasteiger partial charge < -0.3 is 10.2 Å². The minimum Gasteiger partial charge on any atom is -0.355 e. The molecule has 1 aliphatic heterocycles. The molecule has 0 bridgehead atoms. The molecule has 1 aliphatic rings. The molecule has 5 heteroatoms. The molecule has 1 atom stereocenters. The van der Waals surface area contributed by atoms with Crippen LogP contribution in [0.25, 0.3) is 11.0 Å². The van der Waals surface area contributed by atoms with E-state index in [1.165, 1.54) is 0 Å². The maximum atomic E-state index is 4.83. The molecule has 26 heavy (non-hydrogen) atoms. The molecule has 138 valence electrons. The summed E-state index contributed by atoms with van der Waals surface area (Å²) in [5.41, 5.74) is 3.78. The lowest BCUT2D eigenvalue weighted by Crippen LogP contribution is -2.44. The van der Waals surface area contributed by atoms with Crippen LogP contribution in [0.15, 0.2) is 41.5 Å². The standard InChI is InChI=1S/C21H29N5/c1-6-12-22-15(2)17-7-8-19-18(23-17)9-10-20(24-19)26-13-11-16(14-26)25-21(3,4)5/h6-10,12,16,25H,11,13-14H2,1-5H3/b12-6+,22-15?. The number of hydrogen-bond acceptors (Lipinski definition) is 5. The lowest BCUT2D eigenvalue weighted by Gasteiger charge is -2.26. The van der Waals surface area contributed by atoms with Crippen LogP contribution in [0, 0.1) is 0 Å². The van der Waals surface area contributed by atoms with E-state index in [4.69, 9.17) is 9.97 Å². The number of nitrogens with one attached hydrogen (secondary N) is 1. The van der Waals surface area contributed by atoms with Crippen LogP contribution in [0.5, 0.6) is 0 Å². The third-order valence-electron chi connectivity index (χ3n) is 4.47. The summed E-state index contributed by atoms with van der Waals surface area (Å²) in [4.78, 5) is 16.3. The summed E-state index contributed by atoms with van der Waals surface area (Å²) < 4.78 is 0. The van der Waals surface area contributed by atoms with Crippen molar-refractivity contribution >= 4 is 22.6 Å². The molecule has 0 radical (unpaired) electrons. The Balaban J connectivity index is 1.78. The van der Waals surface area contributed by atoms with E-state index >= 15 is 0 Å². The highest BCUT2D eigenvalue weighted by molar-refractivity contribution is 5.98. The van der Waals surface area contributed by atoms with Crippen LogP contribution >= 0.6 is 0 Å². The van der Waals surface area contributed by atoms with Crippen LogP contribution in [-0.4, -0.2) is 40.3 Å². The fourth-order valence-corrected chi connectivity index (χ4v) is 3.33. The van der Waals surface area contributed by atoms with Gasteiger partial charge in [0, 0.05) is 30.9 Å². The molecule has 1 fully saturated rings. The number of aliphatic imine (C=N–C) groups is 1. The van der Waals surface area contributed by atoms with Crippen molar-refractivity contribution in [2.75, 3.05) is 18.0 Å². The van der Waals surface area contributed by atoms with Gasteiger partial charge in [0.15, 0.2) is 0 Å². The van der Waals surface area contributed by atoms with E-state index in [9.17, 15) is 0 Å². The van der Waals surface area contributed by atoms with E-state index in [2.05, 4.69) is 48.1 Å². The Bertz CT molecular complexity index is 832. The van der Waals surface area contributed by atoms with Crippen molar-refractivity contribution < 1.29 is 0 Å². The molecule has 1 N–H and O–H groups in total. The first-order valence-corrected chi connectivity index (χ1v) is 9.32.